The summed E-state index contributed by atoms with van der Waals surface area (Å²) in [6, 6.07) is 0. The van der Waals surface area contributed by atoms with E-state index in [2.05, 4.69) is 9.97 Å². The van der Waals surface area contributed by atoms with E-state index in [0.29, 0.717) is 24.8 Å². The predicted molar refractivity (Wildman–Crippen MR) is 58.9 cm³/mol. The van der Waals surface area contributed by atoms with Crippen LogP contribution >= 0.6 is 0 Å². The van der Waals surface area contributed by atoms with Crippen molar-refractivity contribution < 1.29 is 14.6 Å². The Kier molecular flexibility index (Phi) is 4.19. The fourth-order valence-electron chi connectivity index (χ4n) is 1.18. The third-order valence-electron chi connectivity index (χ3n) is 2.17. The number of ether oxygens (including phenoxy) is 1. The molecule has 1 heterocycles. The van der Waals surface area contributed by atoms with Gasteiger partial charge in [0.05, 0.1) is 17.9 Å². The topological polar surface area (TPSA) is 75.5 Å². The van der Waals surface area contributed by atoms with Crippen molar-refractivity contribution in [2.24, 2.45) is 0 Å². The van der Waals surface area contributed by atoms with Crippen molar-refractivity contribution in [2.45, 2.75) is 6.92 Å². The van der Waals surface area contributed by atoms with Crippen LogP contribution in [0.5, 0.6) is 0 Å². The molecule has 1 aromatic rings. The van der Waals surface area contributed by atoms with Crippen LogP contribution in [0.1, 0.15) is 16.1 Å². The summed E-state index contributed by atoms with van der Waals surface area (Å²) in [5, 5.41) is 8.82. The molecule has 0 aromatic carbocycles. The second-order valence-electron chi connectivity index (χ2n) is 3.39. The van der Waals surface area contributed by atoms with Crippen LogP contribution in [0, 0.1) is 6.92 Å². The lowest BCUT2D eigenvalue weighted by atomic mass is 10.2. The van der Waals surface area contributed by atoms with E-state index < -0.39 is 5.97 Å². The van der Waals surface area contributed by atoms with E-state index in [9.17, 15) is 4.79 Å². The lowest BCUT2D eigenvalue weighted by Gasteiger charge is -2.16. The Morgan fingerprint density at radius 1 is 1.62 bits per heavy atom. The van der Waals surface area contributed by atoms with Crippen molar-refractivity contribution in [2.75, 3.05) is 32.2 Å². The van der Waals surface area contributed by atoms with Crippen LogP contribution in [0.3, 0.4) is 0 Å². The molecule has 1 N–H and O–H groups in total. The van der Waals surface area contributed by atoms with Gasteiger partial charge in [-0.05, 0) is 6.92 Å². The molecule has 1 rings (SSSR count). The second-order valence-corrected chi connectivity index (χ2v) is 3.39. The average molecular weight is 225 g/mol. The molecule has 0 fully saturated rings. The van der Waals surface area contributed by atoms with E-state index in [0.717, 1.165) is 0 Å². The summed E-state index contributed by atoms with van der Waals surface area (Å²) in [5.74, 6) is -0.511. The number of hydrogen-bond donors (Lipinski definition) is 1. The lowest BCUT2D eigenvalue weighted by Crippen LogP contribution is -2.24. The second kappa shape index (κ2) is 5.41. The van der Waals surface area contributed by atoms with Gasteiger partial charge in [-0.25, -0.2) is 14.8 Å². The number of aromatic carboxylic acids is 1. The van der Waals surface area contributed by atoms with E-state index in [-0.39, 0.29) is 5.56 Å². The van der Waals surface area contributed by atoms with Gasteiger partial charge in [-0.15, -0.1) is 0 Å². The zero-order valence-corrected chi connectivity index (χ0v) is 9.60. The molecule has 88 valence electrons. The third-order valence-corrected chi connectivity index (χ3v) is 2.17. The van der Waals surface area contributed by atoms with Crippen LogP contribution in [0.4, 0.5) is 5.95 Å². The summed E-state index contributed by atoms with van der Waals surface area (Å²) >= 11 is 0. The summed E-state index contributed by atoms with van der Waals surface area (Å²) in [6.07, 6.45) is 1.32. The summed E-state index contributed by atoms with van der Waals surface area (Å²) in [4.78, 5) is 20.7. The maximum Gasteiger partial charge on any atom is 0.339 e. The molecule has 0 saturated heterocycles. The SMILES string of the molecule is COCCN(C)c1ncc(C(=O)O)c(C)n1. The monoisotopic (exact) mass is 225 g/mol. The van der Waals surface area contributed by atoms with Gasteiger partial charge in [-0.2, -0.15) is 0 Å². The van der Waals surface area contributed by atoms with Crippen LogP contribution in [-0.4, -0.2) is 48.4 Å². The van der Waals surface area contributed by atoms with Crippen molar-refractivity contribution in [3.05, 3.63) is 17.5 Å². The third kappa shape index (κ3) is 2.90. The highest BCUT2D eigenvalue weighted by Gasteiger charge is 2.11. The highest BCUT2D eigenvalue weighted by atomic mass is 16.5. The number of carboxylic acid groups (broad SMARTS) is 1. The highest BCUT2D eigenvalue weighted by Crippen LogP contribution is 2.09. The fraction of sp³-hybridized carbons (Fsp3) is 0.500. The number of aryl methyl sites for hydroxylation is 1. The van der Waals surface area contributed by atoms with Gasteiger partial charge in [0.1, 0.15) is 0 Å². The van der Waals surface area contributed by atoms with Crippen molar-refractivity contribution in [1.82, 2.24) is 9.97 Å². The molecule has 0 unspecified atom stereocenters. The average Bonchev–Trinajstić information content (AvgIpc) is 2.25. The first-order valence-electron chi connectivity index (χ1n) is 4.83. The zero-order valence-electron chi connectivity index (χ0n) is 9.60. The molecule has 6 nitrogen and oxygen atoms in total. The van der Waals surface area contributed by atoms with Gasteiger partial charge >= 0.3 is 5.97 Å². The Bertz CT molecular complexity index is 382. The first kappa shape index (κ1) is 12.4. The van der Waals surface area contributed by atoms with Crippen molar-refractivity contribution in [3.63, 3.8) is 0 Å². The Morgan fingerprint density at radius 2 is 2.31 bits per heavy atom. The highest BCUT2D eigenvalue weighted by molar-refractivity contribution is 5.88. The molecule has 0 bridgehead atoms. The number of nitrogens with zero attached hydrogens (tertiary/aromatic N) is 3. The molecule has 0 aliphatic rings. The fourth-order valence-corrected chi connectivity index (χ4v) is 1.18. The number of carboxylic acids is 1. The van der Waals surface area contributed by atoms with Crippen molar-refractivity contribution >= 4 is 11.9 Å². The molecule has 1 aromatic heterocycles. The first-order valence-corrected chi connectivity index (χ1v) is 4.83. The zero-order chi connectivity index (χ0) is 12.1. The molecule has 0 aliphatic heterocycles. The van der Waals surface area contributed by atoms with Crippen LogP contribution in [0.15, 0.2) is 6.20 Å². The van der Waals surface area contributed by atoms with Crippen LogP contribution < -0.4 is 4.90 Å². The molecule has 0 saturated carbocycles. The van der Waals surface area contributed by atoms with Gasteiger partial charge < -0.3 is 14.7 Å². The standard InChI is InChI=1S/C10H15N3O3/c1-7-8(9(14)15)6-11-10(12-7)13(2)4-5-16-3/h6H,4-5H2,1-3H3,(H,14,15). The minimum Gasteiger partial charge on any atom is -0.478 e. The van der Waals surface area contributed by atoms with Crippen LogP contribution in [-0.2, 0) is 4.74 Å². The molecule has 0 amide bonds. The quantitative estimate of drug-likeness (QED) is 0.789. The molecule has 0 spiro atoms. The van der Waals surface area contributed by atoms with E-state index in [1.54, 1.807) is 14.0 Å². The Hall–Kier alpha value is -1.69. The van der Waals surface area contributed by atoms with Gasteiger partial charge in [0.2, 0.25) is 5.95 Å². The number of hydrogen-bond acceptors (Lipinski definition) is 5. The summed E-state index contributed by atoms with van der Waals surface area (Å²) in [5.41, 5.74) is 0.589. The molecule has 0 atom stereocenters. The van der Waals surface area contributed by atoms with Crippen molar-refractivity contribution in [1.29, 1.82) is 0 Å². The smallest absolute Gasteiger partial charge is 0.339 e. The van der Waals surface area contributed by atoms with E-state index >= 15 is 0 Å². The van der Waals surface area contributed by atoms with Crippen LogP contribution in [0.25, 0.3) is 0 Å². The molecule has 16 heavy (non-hydrogen) atoms. The minimum atomic E-state index is -1.01. The molecule has 0 aliphatic carbocycles. The molecular weight excluding hydrogens is 210 g/mol. The number of likely N-dealkylation sites (N-methyl/N-ethyl adjacent to an activating group) is 1. The van der Waals surface area contributed by atoms with Crippen LogP contribution in [0.2, 0.25) is 0 Å². The van der Waals surface area contributed by atoms with E-state index in [1.165, 1.54) is 6.20 Å². The van der Waals surface area contributed by atoms with E-state index in [1.807, 2.05) is 11.9 Å². The number of carbonyl (C=O) groups is 1. The van der Waals surface area contributed by atoms with E-state index in [4.69, 9.17) is 9.84 Å². The molecular formula is C10H15N3O3. The Morgan fingerprint density at radius 3 is 2.81 bits per heavy atom. The maximum atomic E-state index is 10.8. The largest absolute Gasteiger partial charge is 0.478 e. The molecule has 0 radical (unpaired) electrons. The normalized spacial score (nSPS) is 10.2. The summed E-state index contributed by atoms with van der Waals surface area (Å²) in [6.45, 7) is 2.88. The summed E-state index contributed by atoms with van der Waals surface area (Å²) in [7, 11) is 3.45. The predicted octanol–water partition coefficient (Wildman–Crippen LogP) is 0.566. The maximum absolute atomic E-state index is 10.8. The summed E-state index contributed by atoms with van der Waals surface area (Å²) < 4.78 is 4.93. The van der Waals surface area contributed by atoms with Gasteiger partial charge in [-0.1, -0.05) is 0 Å². The minimum absolute atomic E-state index is 0.129. The van der Waals surface area contributed by atoms with Crippen molar-refractivity contribution in [3.8, 4) is 0 Å². The molecule has 6 heteroatoms. The van der Waals surface area contributed by atoms with Gasteiger partial charge in [0, 0.05) is 26.9 Å². The van der Waals surface area contributed by atoms with Gasteiger partial charge in [0.15, 0.2) is 0 Å². The number of methoxy groups -OCH3 is 1. The van der Waals surface area contributed by atoms with Gasteiger partial charge in [0.25, 0.3) is 0 Å². The Labute approximate surface area is 93.9 Å². The lowest BCUT2D eigenvalue weighted by molar-refractivity contribution is 0.0695. The number of aromatic nitrogens is 2. The number of rotatable bonds is 5. The Balaban J connectivity index is 2.84. The van der Waals surface area contributed by atoms with Gasteiger partial charge in [-0.3, -0.25) is 0 Å². The first-order chi connectivity index (χ1) is 7.56. The number of anilines is 1.